The summed E-state index contributed by atoms with van der Waals surface area (Å²) in [5, 5.41) is 18.7. The number of carboxylic acids is 1. The molecule has 0 radical (unpaired) electrons. The summed E-state index contributed by atoms with van der Waals surface area (Å²) >= 11 is 6.58. The van der Waals surface area contributed by atoms with Crippen LogP contribution in [0.25, 0.3) is 6.08 Å². The van der Waals surface area contributed by atoms with Gasteiger partial charge in [-0.15, -0.1) is 0 Å². The van der Waals surface area contributed by atoms with Crippen molar-refractivity contribution in [1.29, 1.82) is 5.26 Å². The van der Waals surface area contributed by atoms with Crippen molar-refractivity contribution in [2.75, 3.05) is 24.5 Å². The Kier molecular flexibility index (Phi) is 8.78. The molecule has 1 aromatic heterocycles. The monoisotopic (exact) mass is 516 g/mol. The van der Waals surface area contributed by atoms with E-state index in [9.17, 15) is 19.6 Å². The molecule has 2 fully saturated rings. The fourth-order valence-corrected chi connectivity index (χ4v) is 6.25. The Hall–Kier alpha value is -2.64. The summed E-state index contributed by atoms with van der Waals surface area (Å²) in [5.74, 6) is 0.449. The van der Waals surface area contributed by atoms with Crippen molar-refractivity contribution in [1.82, 2.24) is 9.47 Å². The molecule has 2 aliphatic rings. The minimum atomic E-state index is -0.918. The number of carbonyl (C=O) groups is 2. The highest BCUT2D eigenvalue weighted by Gasteiger charge is 2.34. The number of carbonyl (C=O) groups excluding carboxylic acids is 1. The molecule has 0 bridgehead atoms. The molecule has 1 N–H and O–H groups in total. The molecule has 1 amide bonds. The van der Waals surface area contributed by atoms with E-state index in [-0.39, 0.29) is 30.0 Å². The van der Waals surface area contributed by atoms with E-state index < -0.39 is 5.97 Å². The van der Waals surface area contributed by atoms with Crippen LogP contribution in [0.4, 0.5) is 5.82 Å². The Labute approximate surface area is 215 Å². The highest BCUT2D eigenvalue weighted by atomic mass is 32.2. The van der Waals surface area contributed by atoms with Crippen LogP contribution in [0.2, 0.25) is 0 Å². The van der Waals surface area contributed by atoms with Gasteiger partial charge in [0.05, 0.1) is 4.91 Å². The van der Waals surface area contributed by atoms with Crippen molar-refractivity contribution in [2.24, 2.45) is 11.8 Å². The number of piperidine rings is 1. The van der Waals surface area contributed by atoms with Gasteiger partial charge in [-0.1, -0.05) is 44.8 Å². The summed E-state index contributed by atoms with van der Waals surface area (Å²) < 4.78 is 2.07. The van der Waals surface area contributed by atoms with E-state index in [1.807, 2.05) is 6.92 Å². The summed E-state index contributed by atoms with van der Waals surface area (Å²) in [6, 6.07) is 2.08. The molecule has 2 saturated heterocycles. The molecule has 3 rings (SSSR count). The van der Waals surface area contributed by atoms with E-state index in [1.165, 1.54) is 16.7 Å². The molecule has 1 aromatic rings. The number of thioether (sulfide) groups is 1. The second kappa shape index (κ2) is 11.4. The number of pyridine rings is 1. The first-order chi connectivity index (χ1) is 16.6. The SMILES string of the molecule is CCCn1c(N2CC(C)CC(C)C2)c(C=C2SC(=S)N(CCCC(=O)O)C2=O)c(C)c(C#N)c1=O. The number of carboxylic acid groups (broad SMARTS) is 1. The van der Waals surface area contributed by atoms with Crippen LogP contribution in [0.1, 0.15) is 63.1 Å². The van der Waals surface area contributed by atoms with Crippen LogP contribution in [-0.4, -0.2) is 50.4 Å². The number of nitrogens with zero attached hydrogens (tertiary/aromatic N) is 4. The van der Waals surface area contributed by atoms with Gasteiger partial charge in [-0.25, -0.2) is 0 Å². The van der Waals surface area contributed by atoms with Gasteiger partial charge in [0.2, 0.25) is 0 Å². The van der Waals surface area contributed by atoms with Gasteiger partial charge in [-0.05, 0) is 49.7 Å². The summed E-state index contributed by atoms with van der Waals surface area (Å²) in [4.78, 5) is 41.4. The standard InChI is InChI=1S/C25H32N4O4S2/c1-5-8-28-22(27-13-15(2)10-16(3)14-27)18(17(4)19(12-26)23(28)32)11-20-24(33)29(25(34)35-20)9-6-7-21(30)31/h11,15-16H,5-10,13-14H2,1-4H3,(H,30,31). The normalized spacial score (nSPS) is 21.6. The predicted octanol–water partition coefficient (Wildman–Crippen LogP) is 3.99. The van der Waals surface area contributed by atoms with Gasteiger partial charge >= 0.3 is 5.97 Å². The van der Waals surface area contributed by atoms with E-state index in [2.05, 4.69) is 24.8 Å². The van der Waals surface area contributed by atoms with E-state index in [0.717, 1.165) is 31.7 Å². The Morgan fingerprint density at radius 2 is 1.91 bits per heavy atom. The molecule has 188 valence electrons. The van der Waals surface area contributed by atoms with Gasteiger partial charge in [-0.2, -0.15) is 5.26 Å². The Balaban J connectivity index is 2.14. The van der Waals surface area contributed by atoms with Crippen molar-refractivity contribution in [3.05, 3.63) is 31.9 Å². The average molecular weight is 517 g/mol. The first kappa shape index (κ1) is 27.0. The van der Waals surface area contributed by atoms with Crippen molar-refractivity contribution < 1.29 is 14.7 Å². The zero-order valence-electron chi connectivity index (χ0n) is 20.7. The highest BCUT2D eigenvalue weighted by Crippen LogP contribution is 2.37. The molecule has 35 heavy (non-hydrogen) atoms. The number of nitriles is 1. The molecule has 8 nitrogen and oxygen atoms in total. The molecule has 0 aliphatic carbocycles. The predicted molar refractivity (Wildman–Crippen MR) is 142 cm³/mol. The smallest absolute Gasteiger partial charge is 0.303 e. The van der Waals surface area contributed by atoms with Gasteiger partial charge < -0.3 is 10.0 Å². The molecule has 0 saturated carbocycles. The van der Waals surface area contributed by atoms with Gasteiger partial charge in [0.25, 0.3) is 11.5 Å². The lowest BCUT2D eigenvalue weighted by Crippen LogP contribution is -2.43. The van der Waals surface area contributed by atoms with Crippen molar-refractivity contribution in [2.45, 2.75) is 59.9 Å². The van der Waals surface area contributed by atoms with Crippen LogP contribution in [0.15, 0.2) is 9.70 Å². The largest absolute Gasteiger partial charge is 0.481 e. The number of aromatic nitrogens is 1. The van der Waals surface area contributed by atoms with Gasteiger partial charge in [-0.3, -0.25) is 23.9 Å². The summed E-state index contributed by atoms with van der Waals surface area (Å²) in [6.07, 6.45) is 3.86. The topological polar surface area (TPSA) is 107 Å². The van der Waals surface area contributed by atoms with Gasteiger partial charge in [0, 0.05) is 38.2 Å². The first-order valence-corrected chi connectivity index (χ1v) is 13.2. The molecule has 0 aromatic carbocycles. The van der Waals surface area contributed by atoms with Crippen LogP contribution in [0, 0.1) is 30.1 Å². The van der Waals surface area contributed by atoms with Crippen LogP contribution in [0.3, 0.4) is 0 Å². The minimum Gasteiger partial charge on any atom is -0.481 e. The van der Waals surface area contributed by atoms with Crippen LogP contribution in [0.5, 0.6) is 0 Å². The highest BCUT2D eigenvalue weighted by molar-refractivity contribution is 8.26. The fraction of sp³-hybridized carbons (Fsp3) is 0.560. The molecule has 2 unspecified atom stereocenters. The quantitative estimate of drug-likeness (QED) is 0.408. The molecular weight excluding hydrogens is 484 g/mol. The number of hydrogen-bond acceptors (Lipinski definition) is 7. The maximum absolute atomic E-state index is 13.3. The third kappa shape index (κ3) is 5.78. The minimum absolute atomic E-state index is 0.0435. The van der Waals surface area contributed by atoms with E-state index in [1.54, 1.807) is 17.6 Å². The lowest BCUT2D eigenvalue weighted by Gasteiger charge is -2.39. The Morgan fingerprint density at radius 1 is 1.26 bits per heavy atom. The second-order valence-corrected chi connectivity index (χ2v) is 11.2. The molecule has 10 heteroatoms. The van der Waals surface area contributed by atoms with E-state index in [0.29, 0.717) is 45.2 Å². The van der Waals surface area contributed by atoms with Crippen molar-refractivity contribution in [3.63, 3.8) is 0 Å². The summed E-state index contributed by atoms with van der Waals surface area (Å²) in [5.41, 5.74) is 1.04. The van der Waals surface area contributed by atoms with Gasteiger partial charge in [0.15, 0.2) is 0 Å². The third-order valence-corrected chi connectivity index (χ3v) is 7.76. The number of thiocarbonyl (C=S) groups is 1. The summed E-state index contributed by atoms with van der Waals surface area (Å²) in [6.45, 7) is 10.4. The molecule has 0 spiro atoms. The van der Waals surface area contributed by atoms with Crippen molar-refractivity contribution in [3.8, 4) is 6.07 Å². The molecule has 3 heterocycles. The van der Waals surface area contributed by atoms with Gasteiger partial charge in [0.1, 0.15) is 21.8 Å². The van der Waals surface area contributed by atoms with Crippen LogP contribution in [-0.2, 0) is 16.1 Å². The second-order valence-electron chi connectivity index (χ2n) is 9.49. The average Bonchev–Trinajstić information content (AvgIpc) is 3.04. The van der Waals surface area contributed by atoms with E-state index in [4.69, 9.17) is 17.3 Å². The maximum atomic E-state index is 13.3. The van der Waals surface area contributed by atoms with Crippen LogP contribution < -0.4 is 10.5 Å². The molecule has 2 aliphatic heterocycles. The molecular formula is C25H32N4O4S2. The number of hydrogen-bond donors (Lipinski definition) is 1. The fourth-order valence-electron chi connectivity index (χ4n) is 4.96. The zero-order chi connectivity index (χ0) is 25.9. The first-order valence-electron chi connectivity index (χ1n) is 12.0. The Morgan fingerprint density at radius 3 is 2.49 bits per heavy atom. The Bertz CT molecular complexity index is 1160. The lowest BCUT2D eigenvalue weighted by atomic mass is 9.91. The van der Waals surface area contributed by atoms with Crippen molar-refractivity contribution >= 4 is 52.1 Å². The van der Waals surface area contributed by atoms with E-state index >= 15 is 0 Å². The molecule has 2 atom stereocenters. The number of anilines is 1. The number of amides is 1. The third-order valence-electron chi connectivity index (χ3n) is 6.38. The number of rotatable bonds is 8. The lowest BCUT2D eigenvalue weighted by molar-refractivity contribution is -0.137. The zero-order valence-corrected chi connectivity index (χ0v) is 22.3. The number of aliphatic carboxylic acids is 1. The van der Waals surface area contributed by atoms with Crippen LogP contribution >= 0.6 is 24.0 Å². The maximum Gasteiger partial charge on any atom is 0.303 e. The summed E-state index contributed by atoms with van der Waals surface area (Å²) in [7, 11) is 0.